The second-order valence-corrected chi connectivity index (χ2v) is 6.67. The van der Waals surface area contributed by atoms with E-state index in [1.54, 1.807) is 7.05 Å². The van der Waals surface area contributed by atoms with Crippen molar-refractivity contribution in [1.82, 2.24) is 20.4 Å². The molecule has 0 amide bonds. The van der Waals surface area contributed by atoms with Crippen LogP contribution in [0.3, 0.4) is 0 Å². The van der Waals surface area contributed by atoms with Gasteiger partial charge in [0.1, 0.15) is 0 Å². The molecule has 0 fully saturated rings. The Morgan fingerprint density at radius 3 is 2.55 bits per heavy atom. The predicted octanol–water partition coefficient (Wildman–Crippen LogP) is 3.74. The highest BCUT2D eigenvalue weighted by molar-refractivity contribution is 14.0. The van der Waals surface area contributed by atoms with E-state index < -0.39 is 0 Å². The SMILES string of the molecule is CN=C(NCc1ccc2c(c1)OCO2)NCc1cnn(-c2ccc(Cl)cc2)c1.I. The van der Waals surface area contributed by atoms with Crippen LogP contribution in [0, 0.1) is 0 Å². The molecule has 29 heavy (non-hydrogen) atoms. The Hall–Kier alpha value is -2.46. The van der Waals surface area contributed by atoms with E-state index >= 15 is 0 Å². The molecular formula is C20H21ClIN5O2. The fourth-order valence-corrected chi connectivity index (χ4v) is 2.96. The van der Waals surface area contributed by atoms with Gasteiger partial charge in [-0.05, 0) is 42.0 Å². The zero-order valence-electron chi connectivity index (χ0n) is 15.8. The van der Waals surface area contributed by atoms with Crippen molar-refractivity contribution in [2.45, 2.75) is 13.1 Å². The highest BCUT2D eigenvalue weighted by Gasteiger charge is 2.13. The molecule has 2 aromatic carbocycles. The summed E-state index contributed by atoms with van der Waals surface area (Å²) < 4.78 is 12.6. The third-order valence-electron chi connectivity index (χ3n) is 4.31. The monoisotopic (exact) mass is 525 g/mol. The lowest BCUT2D eigenvalue weighted by molar-refractivity contribution is 0.174. The van der Waals surface area contributed by atoms with Crippen molar-refractivity contribution in [3.8, 4) is 17.2 Å². The van der Waals surface area contributed by atoms with Crippen LogP contribution in [-0.2, 0) is 13.1 Å². The minimum atomic E-state index is 0. The molecule has 0 bridgehead atoms. The van der Waals surface area contributed by atoms with Crippen LogP contribution >= 0.6 is 35.6 Å². The van der Waals surface area contributed by atoms with Crippen LogP contribution in [0.15, 0.2) is 59.9 Å². The first-order valence-electron chi connectivity index (χ1n) is 8.84. The first-order valence-corrected chi connectivity index (χ1v) is 9.21. The molecule has 9 heteroatoms. The average Bonchev–Trinajstić information content (AvgIpc) is 3.37. The maximum atomic E-state index is 5.93. The van der Waals surface area contributed by atoms with Crippen LogP contribution < -0.4 is 20.1 Å². The van der Waals surface area contributed by atoms with E-state index in [-0.39, 0.29) is 30.8 Å². The van der Waals surface area contributed by atoms with Crippen molar-refractivity contribution >= 4 is 41.5 Å². The quantitative estimate of drug-likeness (QED) is 0.302. The number of rotatable bonds is 5. The molecule has 4 rings (SSSR count). The number of aromatic nitrogens is 2. The number of guanidine groups is 1. The Morgan fingerprint density at radius 1 is 1.07 bits per heavy atom. The molecule has 1 aromatic heterocycles. The van der Waals surface area contributed by atoms with E-state index in [1.807, 2.05) is 59.5 Å². The number of aliphatic imine (C=N–C) groups is 1. The molecule has 0 unspecified atom stereocenters. The molecule has 0 atom stereocenters. The molecule has 1 aliphatic rings. The van der Waals surface area contributed by atoms with Gasteiger partial charge >= 0.3 is 0 Å². The van der Waals surface area contributed by atoms with Crippen LogP contribution in [0.2, 0.25) is 5.02 Å². The topological polar surface area (TPSA) is 72.7 Å². The Bertz CT molecular complexity index is 991. The van der Waals surface area contributed by atoms with Crippen molar-refractivity contribution in [3.63, 3.8) is 0 Å². The van der Waals surface area contributed by atoms with Crippen molar-refractivity contribution in [1.29, 1.82) is 0 Å². The van der Waals surface area contributed by atoms with Crippen molar-refractivity contribution in [2.75, 3.05) is 13.8 Å². The molecule has 1 aliphatic heterocycles. The lowest BCUT2D eigenvalue weighted by Gasteiger charge is -2.11. The predicted molar refractivity (Wildman–Crippen MR) is 124 cm³/mol. The Balaban J connectivity index is 0.00000240. The molecule has 0 aliphatic carbocycles. The van der Waals surface area contributed by atoms with Crippen molar-refractivity contribution in [2.24, 2.45) is 4.99 Å². The summed E-state index contributed by atoms with van der Waals surface area (Å²) in [7, 11) is 1.74. The lowest BCUT2D eigenvalue weighted by Crippen LogP contribution is -2.36. The van der Waals surface area contributed by atoms with Crippen LogP contribution in [0.1, 0.15) is 11.1 Å². The van der Waals surface area contributed by atoms with Gasteiger partial charge in [-0.1, -0.05) is 17.7 Å². The van der Waals surface area contributed by atoms with E-state index in [1.165, 1.54) is 0 Å². The summed E-state index contributed by atoms with van der Waals surface area (Å²) in [5.74, 6) is 2.26. The maximum Gasteiger partial charge on any atom is 0.231 e. The van der Waals surface area contributed by atoms with E-state index in [0.717, 1.165) is 28.3 Å². The molecule has 0 saturated heterocycles. The van der Waals surface area contributed by atoms with E-state index in [9.17, 15) is 0 Å². The summed E-state index contributed by atoms with van der Waals surface area (Å²) in [4.78, 5) is 4.26. The minimum Gasteiger partial charge on any atom is -0.454 e. The third kappa shape index (κ3) is 5.33. The van der Waals surface area contributed by atoms with E-state index in [2.05, 4.69) is 20.7 Å². The molecular weight excluding hydrogens is 505 g/mol. The first kappa shape index (κ1) is 21.3. The standard InChI is InChI=1S/C20H20ClN5O2.HI/c1-22-20(23-9-14-2-7-18-19(8-14)28-13-27-18)24-10-15-11-25-26(12-15)17-5-3-16(21)4-6-17;/h2-8,11-12H,9-10,13H2,1H3,(H2,22,23,24);1H. The fraction of sp³-hybridized carbons (Fsp3) is 0.200. The lowest BCUT2D eigenvalue weighted by atomic mass is 10.2. The number of benzene rings is 2. The molecule has 152 valence electrons. The molecule has 7 nitrogen and oxygen atoms in total. The molecule has 0 saturated carbocycles. The van der Waals surface area contributed by atoms with Gasteiger partial charge in [0, 0.05) is 36.9 Å². The average molecular weight is 526 g/mol. The maximum absolute atomic E-state index is 5.93. The minimum absolute atomic E-state index is 0. The first-order chi connectivity index (χ1) is 13.7. The van der Waals surface area contributed by atoms with Crippen LogP contribution in [-0.4, -0.2) is 29.6 Å². The van der Waals surface area contributed by atoms with Crippen molar-refractivity contribution in [3.05, 3.63) is 71.0 Å². The summed E-state index contributed by atoms with van der Waals surface area (Å²) in [6.45, 7) is 1.51. The molecule has 0 radical (unpaired) electrons. The Morgan fingerprint density at radius 2 is 1.79 bits per heavy atom. The molecule has 2 heterocycles. The second-order valence-electron chi connectivity index (χ2n) is 6.24. The van der Waals surface area contributed by atoms with Gasteiger partial charge in [-0.2, -0.15) is 5.10 Å². The van der Waals surface area contributed by atoms with Crippen LogP contribution in [0.4, 0.5) is 0 Å². The highest BCUT2D eigenvalue weighted by Crippen LogP contribution is 2.32. The van der Waals surface area contributed by atoms with Gasteiger partial charge in [0.05, 0.1) is 11.9 Å². The van der Waals surface area contributed by atoms with Gasteiger partial charge in [-0.15, -0.1) is 24.0 Å². The zero-order valence-corrected chi connectivity index (χ0v) is 18.8. The number of fused-ring (bicyclic) bond motifs is 1. The summed E-state index contributed by atoms with van der Waals surface area (Å²) >= 11 is 5.93. The zero-order chi connectivity index (χ0) is 19.3. The van der Waals surface area contributed by atoms with Crippen LogP contribution in [0.25, 0.3) is 5.69 Å². The number of nitrogens with one attached hydrogen (secondary N) is 2. The normalized spacial score (nSPS) is 12.4. The van der Waals surface area contributed by atoms with Gasteiger partial charge in [0.2, 0.25) is 6.79 Å². The summed E-state index contributed by atoms with van der Waals surface area (Å²) in [6, 6.07) is 13.4. The molecule has 0 spiro atoms. The van der Waals surface area contributed by atoms with Crippen molar-refractivity contribution < 1.29 is 9.47 Å². The number of ether oxygens (including phenoxy) is 2. The number of halogens is 2. The van der Waals surface area contributed by atoms with Gasteiger partial charge in [0.15, 0.2) is 17.5 Å². The van der Waals surface area contributed by atoms with Gasteiger partial charge in [-0.3, -0.25) is 4.99 Å². The third-order valence-corrected chi connectivity index (χ3v) is 4.56. The smallest absolute Gasteiger partial charge is 0.231 e. The largest absolute Gasteiger partial charge is 0.454 e. The van der Waals surface area contributed by atoms with Crippen LogP contribution in [0.5, 0.6) is 11.5 Å². The number of hydrogen-bond acceptors (Lipinski definition) is 4. The van der Waals surface area contributed by atoms with E-state index in [4.69, 9.17) is 21.1 Å². The van der Waals surface area contributed by atoms with E-state index in [0.29, 0.717) is 24.1 Å². The molecule has 2 N–H and O–H groups in total. The number of hydrogen-bond donors (Lipinski definition) is 2. The summed E-state index contributed by atoms with van der Waals surface area (Å²) in [6.07, 6.45) is 3.80. The van der Waals surface area contributed by atoms with Gasteiger partial charge < -0.3 is 20.1 Å². The molecule has 3 aromatic rings. The number of nitrogens with zero attached hydrogens (tertiary/aromatic N) is 3. The van der Waals surface area contributed by atoms with Gasteiger partial charge in [-0.25, -0.2) is 4.68 Å². The Kier molecular flexibility index (Phi) is 7.21. The van der Waals surface area contributed by atoms with Gasteiger partial charge in [0.25, 0.3) is 0 Å². The summed E-state index contributed by atoms with van der Waals surface area (Å²) in [5, 5.41) is 11.7. The summed E-state index contributed by atoms with van der Waals surface area (Å²) in [5.41, 5.74) is 3.09. The fourth-order valence-electron chi connectivity index (χ4n) is 2.83. The highest BCUT2D eigenvalue weighted by atomic mass is 127. The second kappa shape index (κ2) is 9.84. The Labute approximate surface area is 191 Å².